The van der Waals surface area contributed by atoms with Crippen LogP contribution in [0.15, 0.2) is 24.3 Å². The average molecular weight is 182 g/mol. The third-order valence-electron chi connectivity index (χ3n) is 1.80. The first-order chi connectivity index (χ1) is 6.33. The van der Waals surface area contributed by atoms with Crippen molar-refractivity contribution in [2.75, 3.05) is 19.6 Å². The van der Waals surface area contributed by atoms with Crippen LogP contribution < -0.4 is 11.1 Å². The summed E-state index contributed by atoms with van der Waals surface area (Å²) in [6, 6.07) is 6.67. The van der Waals surface area contributed by atoms with Crippen molar-refractivity contribution in [3.63, 3.8) is 0 Å². The highest BCUT2D eigenvalue weighted by molar-refractivity contribution is 5.16. The maximum atomic E-state index is 12.7. The smallest absolute Gasteiger partial charge is 0.123 e. The van der Waals surface area contributed by atoms with Gasteiger partial charge in [0.25, 0.3) is 0 Å². The Morgan fingerprint density at radius 1 is 1.31 bits per heavy atom. The zero-order chi connectivity index (χ0) is 9.52. The minimum absolute atomic E-state index is 0.170. The van der Waals surface area contributed by atoms with Crippen molar-refractivity contribution in [1.82, 2.24) is 5.32 Å². The quantitative estimate of drug-likeness (QED) is 0.664. The minimum Gasteiger partial charge on any atom is -0.329 e. The Hall–Kier alpha value is -0.930. The zero-order valence-corrected chi connectivity index (χ0v) is 7.59. The van der Waals surface area contributed by atoms with E-state index in [1.165, 1.54) is 6.07 Å². The molecule has 0 saturated carbocycles. The van der Waals surface area contributed by atoms with Crippen LogP contribution in [0.3, 0.4) is 0 Å². The molecule has 0 atom stereocenters. The van der Waals surface area contributed by atoms with E-state index in [9.17, 15) is 4.39 Å². The van der Waals surface area contributed by atoms with Gasteiger partial charge in [0.15, 0.2) is 0 Å². The summed E-state index contributed by atoms with van der Waals surface area (Å²) in [5.41, 5.74) is 6.33. The highest BCUT2D eigenvalue weighted by atomic mass is 19.1. The average Bonchev–Trinajstić information content (AvgIpc) is 2.13. The molecule has 13 heavy (non-hydrogen) atoms. The molecule has 0 aromatic heterocycles. The molecule has 1 rings (SSSR count). The molecule has 0 aliphatic carbocycles. The van der Waals surface area contributed by atoms with Crippen LogP contribution in [0.25, 0.3) is 0 Å². The van der Waals surface area contributed by atoms with E-state index in [1.54, 1.807) is 12.1 Å². The monoisotopic (exact) mass is 182 g/mol. The molecule has 0 spiro atoms. The van der Waals surface area contributed by atoms with Crippen LogP contribution in [0.4, 0.5) is 4.39 Å². The molecule has 0 heterocycles. The van der Waals surface area contributed by atoms with Gasteiger partial charge in [-0.05, 0) is 30.7 Å². The summed E-state index contributed by atoms with van der Waals surface area (Å²) < 4.78 is 12.7. The van der Waals surface area contributed by atoms with E-state index in [2.05, 4.69) is 5.32 Å². The molecule has 0 saturated heterocycles. The first-order valence-electron chi connectivity index (χ1n) is 4.48. The van der Waals surface area contributed by atoms with E-state index in [0.717, 1.165) is 25.1 Å². The summed E-state index contributed by atoms with van der Waals surface area (Å²) in [5, 5.41) is 3.16. The van der Waals surface area contributed by atoms with Crippen molar-refractivity contribution in [2.45, 2.75) is 6.42 Å². The van der Waals surface area contributed by atoms with Gasteiger partial charge in [0.05, 0.1) is 0 Å². The molecule has 0 unspecified atom stereocenters. The van der Waals surface area contributed by atoms with E-state index in [0.29, 0.717) is 6.54 Å². The van der Waals surface area contributed by atoms with Gasteiger partial charge in [0, 0.05) is 13.1 Å². The second-order valence-electron chi connectivity index (χ2n) is 2.92. The van der Waals surface area contributed by atoms with Crippen LogP contribution in [-0.2, 0) is 6.42 Å². The lowest BCUT2D eigenvalue weighted by molar-refractivity contribution is 0.623. The van der Waals surface area contributed by atoms with Gasteiger partial charge in [-0.3, -0.25) is 0 Å². The Morgan fingerprint density at radius 3 is 2.85 bits per heavy atom. The first kappa shape index (κ1) is 10.2. The Labute approximate surface area is 77.9 Å². The van der Waals surface area contributed by atoms with E-state index in [-0.39, 0.29) is 5.82 Å². The standard InChI is InChI=1S/C10H15FN2/c11-10-3-1-2-9(8-10)4-6-13-7-5-12/h1-3,8,13H,4-7,12H2. The number of rotatable bonds is 5. The number of nitrogens with two attached hydrogens (primary N) is 1. The van der Waals surface area contributed by atoms with Gasteiger partial charge in [0.1, 0.15) is 5.82 Å². The van der Waals surface area contributed by atoms with Gasteiger partial charge in [-0.25, -0.2) is 4.39 Å². The molecule has 0 aliphatic rings. The molecule has 1 aromatic rings. The van der Waals surface area contributed by atoms with Gasteiger partial charge in [-0.1, -0.05) is 12.1 Å². The third kappa shape index (κ3) is 4.01. The predicted octanol–water partition coefficient (Wildman–Crippen LogP) is 0.916. The Bertz CT molecular complexity index is 250. The van der Waals surface area contributed by atoms with Crippen LogP contribution in [-0.4, -0.2) is 19.6 Å². The summed E-state index contributed by atoms with van der Waals surface area (Å²) in [4.78, 5) is 0. The topological polar surface area (TPSA) is 38.0 Å². The van der Waals surface area contributed by atoms with Crippen molar-refractivity contribution < 1.29 is 4.39 Å². The number of halogens is 1. The fourth-order valence-corrected chi connectivity index (χ4v) is 1.15. The Kier molecular flexibility index (Phi) is 4.43. The molecule has 3 heteroatoms. The molecule has 0 aliphatic heterocycles. The van der Waals surface area contributed by atoms with Crippen LogP contribution in [0.1, 0.15) is 5.56 Å². The number of hydrogen-bond acceptors (Lipinski definition) is 2. The van der Waals surface area contributed by atoms with E-state index in [4.69, 9.17) is 5.73 Å². The summed E-state index contributed by atoms with van der Waals surface area (Å²) in [7, 11) is 0. The largest absolute Gasteiger partial charge is 0.329 e. The molecule has 0 bridgehead atoms. The zero-order valence-electron chi connectivity index (χ0n) is 7.59. The predicted molar refractivity (Wildman–Crippen MR) is 52.0 cm³/mol. The number of benzene rings is 1. The second-order valence-corrected chi connectivity index (χ2v) is 2.92. The molecule has 3 N–H and O–H groups in total. The molecule has 2 nitrogen and oxygen atoms in total. The normalized spacial score (nSPS) is 10.3. The summed E-state index contributed by atoms with van der Waals surface area (Å²) in [6.45, 7) is 2.30. The van der Waals surface area contributed by atoms with E-state index < -0.39 is 0 Å². The lowest BCUT2D eigenvalue weighted by Crippen LogP contribution is -2.24. The summed E-state index contributed by atoms with van der Waals surface area (Å²) >= 11 is 0. The van der Waals surface area contributed by atoms with Crippen LogP contribution >= 0.6 is 0 Å². The van der Waals surface area contributed by atoms with Crippen LogP contribution in [0.2, 0.25) is 0 Å². The third-order valence-corrected chi connectivity index (χ3v) is 1.80. The SMILES string of the molecule is NCCNCCc1cccc(F)c1. The summed E-state index contributed by atoms with van der Waals surface area (Å²) in [6.07, 6.45) is 0.845. The first-order valence-corrected chi connectivity index (χ1v) is 4.48. The van der Waals surface area contributed by atoms with Crippen LogP contribution in [0.5, 0.6) is 0 Å². The fourth-order valence-electron chi connectivity index (χ4n) is 1.15. The van der Waals surface area contributed by atoms with Gasteiger partial charge in [-0.2, -0.15) is 0 Å². The molecule has 0 radical (unpaired) electrons. The minimum atomic E-state index is -0.170. The van der Waals surface area contributed by atoms with Crippen molar-refractivity contribution in [2.24, 2.45) is 5.73 Å². The number of nitrogens with one attached hydrogen (secondary N) is 1. The summed E-state index contributed by atoms with van der Waals surface area (Å²) in [5.74, 6) is -0.170. The molecule has 0 amide bonds. The lowest BCUT2D eigenvalue weighted by Gasteiger charge is -2.02. The van der Waals surface area contributed by atoms with Crippen molar-refractivity contribution in [3.8, 4) is 0 Å². The highest BCUT2D eigenvalue weighted by Gasteiger charge is 1.94. The lowest BCUT2D eigenvalue weighted by atomic mass is 10.1. The second kappa shape index (κ2) is 5.67. The maximum absolute atomic E-state index is 12.7. The maximum Gasteiger partial charge on any atom is 0.123 e. The van der Waals surface area contributed by atoms with E-state index in [1.807, 2.05) is 6.07 Å². The number of hydrogen-bond donors (Lipinski definition) is 2. The molecule has 72 valence electrons. The van der Waals surface area contributed by atoms with Crippen molar-refractivity contribution in [1.29, 1.82) is 0 Å². The Morgan fingerprint density at radius 2 is 2.15 bits per heavy atom. The van der Waals surface area contributed by atoms with Gasteiger partial charge >= 0.3 is 0 Å². The van der Waals surface area contributed by atoms with Crippen molar-refractivity contribution in [3.05, 3.63) is 35.6 Å². The van der Waals surface area contributed by atoms with E-state index >= 15 is 0 Å². The molecular weight excluding hydrogens is 167 g/mol. The fraction of sp³-hybridized carbons (Fsp3) is 0.400. The molecular formula is C10H15FN2. The Balaban J connectivity index is 2.28. The van der Waals surface area contributed by atoms with Gasteiger partial charge in [0.2, 0.25) is 0 Å². The van der Waals surface area contributed by atoms with Gasteiger partial charge in [-0.15, -0.1) is 0 Å². The molecule has 1 aromatic carbocycles. The van der Waals surface area contributed by atoms with Gasteiger partial charge < -0.3 is 11.1 Å². The van der Waals surface area contributed by atoms with Crippen molar-refractivity contribution >= 4 is 0 Å². The van der Waals surface area contributed by atoms with Crippen LogP contribution in [0, 0.1) is 5.82 Å². The highest BCUT2D eigenvalue weighted by Crippen LogP contribution is 2.03. The molecule has 0 fully saturated rings.